The lowest BCUT2D eigenvalue weighted by molar-refractivity contribution is -0.385. The fraction of sp³-hybridized carbons (Fsp3) is 0.500. The minimum absolute atomic E-state index is 0.113. The average molecular weight is 346 g/mol. The van der Waals surface area contributed by atoms with Gasteiger partial charge in [0.1, 0.15) is 18.1 Å². The van der Waals surface area contributed by atoms with Crippen molar-refractivity contribution in [2.45, 2.75) is 33.2 Å². The largest absolute Gasteiger partial charge is 0.480 e. The Bertz CT molecular complexity index is 534. The van der Waals surface area contributed by atoms with E-state index in [1.54, 1.807) is 6.92 Å². The van der Waals surface area contributed by atoms with E-state index in [2.05, 4.69) is 26.2 Å². The Morgan fingerprint density at radius 1 is 1.60 bits per heavy atom. The molecule has 110 valence electrons. The number of carboxylic acid groups (broad SMARTS) is 1. The highest BCUT2D eigenvalue weighted by Gasteiger charge is 2.23. The molecule has 1 heterocycles. The van der Waals surface area contributed by atoms with Crippen LogP contribution in [-0.2, 0) is 4.79 Å². The standard InChI is InChI=1S/C12H16BrN3O4/c1-6(2)4-8(12(17)18)15-11-10(13)7(3)9(5-14-11)16(19)20/h5-6,8H,4H2,1-3H3,(H,14,15)(H,17,18). The summed E-state index contributed by atoms with van der Waals surface area (Å²) in [7, 11) is 0. The Morgan fingerprint density at radius 3 is 2.65 bits per heavy atom. The van der Waals surface area contributed by atoms with Crippen LogP contribution in [0.4, 0.5) is 11.5 Å². The number of nitro groups is 1. The van der Waals surface area contributed by atoms with Crippen LogP contribution in [0.25, 0.3) is 0 Å². The molecule has 0 bridgehead atoms. The summed E-state index contributed by atoms with van der Waals surface area (Å²) < 4.78 is 0.404. The Hall–Kier alpha value is -1.70. The number of aliphatic carboxylic acids is 1. The molecule has 1 rings (SSSR count). The molecule has 0 aliphatic carbocycles. The number of rotatable bonds is 6. The smallest absolute Gasteiger partial charge is 0.326 e. The molecule has 0 aromatic carbocycles. The maximum Gasteiger partial charge on any atom is 0.326 e. The normalized spacial score (nSPS) is 12.2. The van der Waals surface area contributed by atoms with E-state index in [4.69, 9.17) is 0 Å². The molecule has 8 heteroatoms. The van der Waals surface area contributed by atoms with Gasteiger partial charge in [-0.25, -0.2) is 9.78 Å². The van der Waals surface area contributed by atoms with Crippen molar-refractivity contribution >= 4 is 33.4 Å². The molecule has 0 radical (unpaired) electrons. The average Bonchev–Trinajstić information content (AvgIpc) is 2.32. The van der Waals surface area contributed by atoms with Crippen LogP contribution in [0.3, 0.4) is 0 Å². The summed E-state index contributed by atoms with van der Waals surface area (Å²) in [6.45, 7) is 5.41. The van der Waals surface area contributed by atoms with Gasteiger partial charge in [-0.05, 0) is 35.2 Å². The summed E-state index contributed by atoms with van der Waals surface area (Å²) in [6.07, 6.45) is 1.55. The maximum absolute atomic E-state index is 11.2. The van der Waals surface area contributed by atoms with Gasteiger partial charge in [-0.1, -0.05) is 13.8 Å². The summed E-state index contributed by atoms with van der Waals surface area (Å²) in [4.78, 5) is 25.4. The lowest BCUT2D eigenvalue weighted by Crippen LogP contribution is -2.31. The van der Waals surface area contributed by atoms with Crippen LogP contribution in [0, 0.1) is 23.0 Å². The van der Waals surface area contributed by atoms with E-state index in [0.29, 0.717) is 22.3 Å². The van der Waals surface area contributed by atoms with E-state index in [9.17, 15) is 20.0 Å². The van der Waals surface area contributed by atoms with E-state index in [1.807, 2.05) is 13.8 Å². The van der Waals surface area contributed by atoms with Crippen LogP contribution in [0.2, 0.25) is 0 Å². The number of halogens is 1. The molecule has 0 spiro atoms. The van der Waals surface area contributed by atoms with Gasteiger partial charge < -0.3 is 10.4 Å². The third-order valence-corrected chi connectivity index (χ3v) is 3.72. The first-order valence-corrected chi connectivity index (χ1v) is 6.82. The molecular weight excluding hydrogens is 330 g/mol. The predicted octanol–water partition coefficient (Wildman–Crippen LogP) is 2.97. The van der Waals surface area contributed by atoms with Gasteiger partial charge in [-0.2, -0.15) is 0 Å². The topological polar surface area (TPSA) is 105 Å². The highest BCUT2D eigenvalue weighted by Crippen LogP contribution is 2.31. The monoisotopic (exact) mass is 345 g/mol. The van der Waals surface area contributed by atoms with Crippen molar-refractivity contribution in [3.05, 3.63) is 26.3 Å². The molecule has 0 aliphatic rings. The fourth-order valence-electron chi connectivity index (χ4n) is 1.71. The van der Waals surface area contributed by atoms with Gasteiger partial charge in [0.15, 0.2) is 0 Å². The third kappa shape index (κ3) is 3.89. The SMILES string of the molecule is Cc1c([N+](=O)[O-])cnc(NC(CC(C)C)C(=O)O)c1Br. The summed E-state index contributed by atoms with van der Waals surface area (Å²) >= 11 is 3.22. The number of hydrogen-bond acceptors (Lipinski definition) is 5. The van der Waals surface area contributed by atoms with E-state index >= 15 is 0 Å². The third-order valence-electron chi connectivity index (χ3n) is 2.75. The molecule has 0 saturated carbocycles. The van der Waals surface area contributed by atoms with Crippen molar-refractivity contribution in [3.8, 4) is 0 Å². The molecule has 0 aliphatic heterocycles. The molecule has 1 unspecified atom stereocenters. The molecule has 7 nitrogen and oxygen atoms in total. The Labute approximate surface area is 124 Å². The second-order valence-electron chi connectivity index (χ2n) is 4.85. The molecule has 1 aromatic rings. The molecule has 0 fully saturated rings. The number of carboxylic acids is 1. The van der Waals surface area contributed by atoms with Crippen molar-refractivity contribution in [1.29, 1.82) is 0 Å². The van der Waals surface area contributed by atoms with Gasteiger partial charge in [0.25, 0.3) is 5.69 Å². The van der Waals surface area contributed by atoms with Gasteiger partial charge >= 0.3 is 5.97 Å². The zero-order valence-corrected chi connectivity index (χ0v) is 13.0. The Morgan fingerprint density at radius 2 is 2.20 bits per heavy atom. The van der Waals surface area contributed by atoms with E-state index in [0.717, 1.165) is 6.20 Å². The minimum Gasteiger partial charge on any atom is -0.480 e. The molecule has 0 saturated heterocycles. The molecule has 1 atom stereocenters. The number of aromatic nitrogens is 1. The first-order chi connectivity index (χ1) is 9.23. The lowest BCUT2D eigenvalue weighted by atomic mass is 10.0. The fourth-order valence-corrected chi connectivity index (χ4v) is 2.13. The van der Waals surface area contributed by atoms with Gasteiger partial charge in [0.05, 0.1) is 9.40 Å². The molecule has 2 N–H and O–H groups in total. The van der Waals surface area contributed by atoms with Gasteiger partial charge in [0.2, 0.25) is 0 Å². The van der Waals surface area contributed by atoms with Crippen LogP contribution in [-0.4, -0.2) is 27.0 Å². The molecule has 1 aromatic heterocycles. The quantitative estimate of drug-likeness (QED) is 0.606. The zero-order valence-electron chi connectivity index (χ0n) is 11.4. The first kappa shape index (κ1) is 16.4. The first-order valence-electron chi connectivity index (χ1n) is 6.02. The minimum atomic E-state index is -0.983. The Kier molecular flexibility index (Phi) is 5.43. The number of hydrogen-bond donors (Lipinski definition) is 2. The molecule has 20 heavy (non-hydrogen) atoms. The number of nitrogens with one attached hydrogen (secondary N) is 1. The Balaban J connectivity index is 3.05. The summed E-state index contributed by atoms with van der Waals surface area (Å²) in [6, 6.07) is -0.792. The number of carbonyl (C=O) groups is 1. The lowest BCUT2D eigenvalue weighted by Gasteiger charge is -2.18. The van der Waals surface area contributed by atoms with Crippen molar-refractivity contribution in [2.24, 2.45) is 5.92 Å². The van der Waals surface area contributed by atoms with Crippen LogP contribution in [0.15, 0.2) is 10.7 Å². The van der Waals surface area contributed by atoms with Crippen molar-refractivity contribution in [1.82, 2.24) is 4.98 Å². The van der Waals surface area contributed by atoms with Crippen LogP contribution >= 0.6 is 15.9 Å². The van der Waals surface area contributed by atoms with Crippen molar-refractivity contribution < 1.29 is 14.8 Å². The predicted molar refractivity (Wildman–Crippen MR) is 77.8 cm³/mol. The molecular formula is C12H16BrN3O4. The van der Waals surface area contributed by atoms with E-state index < -0.39 is 16.9 Å². The molecule has 0 amide bonds. The number of pyridine rings is 1. The second-order valence-corrected chi connectivity index (χ2v) is 5.65. The summed E-state index contributed by atoms with van der Waals surface area (Å²) in [5.74, 6) is -0.494. The summed E-state index contributed by atoms with van der Waals surface area (Å²) in [5, 5.41) is 22.8. The van der Waals surface area contributed by atoms with Crippen molar-refractivity contribution in [2.75, 3.05) is 5.32 Å². The highest BCUT2D eigenvalue weighted by atomic mass is 79.9. The van der Waals surface area contributed by atoms with E-state index in [-0.39, 0.29) is 11.6 Å². The van der Waals surface area contributed by atoms with Crippen molar-refractivity contribution in [3.63, 3.8) is 0 Å². The van der Waals surface area contributed by atoms with Crippen LogP contribution in [0.1, 0.15) is 25.8 Å². The second kappa shape index (κ2) is 6.65. The summed E-state index contributed by atoms with van der Waals surface area (Å²) in [5.41, 5.74) is 0.291. The van der Waals surface area contributed by atoms with Gasteiger partial charge in [-0.3, -0.25) is 10.1 Å². The van der Waals surface area contributed by atoms with Gasteiger partial charge in [-0.15, -0.1) is 0 Å². The maximum atomic E-state index is 11.2. The van der Waals surface area contributed by atoms with Gasteiger partial charge in [0, 0.05) is 5.56 Å². The van der Waals surface area contributed by atoms with Crippen LogP contribution < -0.4 is 5.32 Å². The zero-order chi connectivity index (χ0) is 15.4. The number of anilines is 1. The highest BCUT2D eigenvalue weighted by molar-refractivity contribution is 9.10. The van der Waals surface area contributed by atoms with E-state index in [1.165, 1.54) is 0 Å². The van der Waals surface area contributed by atoms with Crippen LogP contribution in [0.5, 0.6) is 0 Å². The number of nitrogens with zero attached hydrogens (tertiary/aromatic N) is 2.